The van der Waals surface area contributed by atoms with E-state index in [1.54, 1.807) is 12.4 Å². The van der Waals surface area contributed by atoms with Gasteiger partial charge in [0.05, 0.1) is 5.02 Å². The highest BCUT2D eigenvalue weighted by molar-refractivity contribution is 6.31. The fraction of sp³-hybridized carbons (Fsp3) is 0.312. The van der Waals surface area contributed by atoms with E-state index in [9.17, 15) is 0 Å². The third-order valence-corrected chi connectivity index (χ3v) is 3.25. The van der Waals surface area contributed by atoms with Gasteiger partial charge in [0, 0.05) is 36.1 Å². The highest BCUT2D eigenvalue weighted by Gasteiger charge is 2.05. The molecule has 2 rings (SSSR count). The van der Waals surface area contributed by atoms with Crippen molar-refractivity contribution in [2.75, 3.05) is 0 Å². The van der Waals surface area contributed by atoms with Crippen molar-refractivity contribution < 1.29 is 4.74 Å². The Morgan fingerprint density at radius 1 is 1.20 bits per heavy atom. The van der Waals surface area contributed by atoms with Crippen molar-refractivity contribution in [3.05, 3.63) is 58.9 Å². The van der Waals surface area contributed by atoms with Crippen LogP contribution in [0.4, 0.5) is 0 Å². The molecule has 20 heavy (non-hydrogen) atoms. The van der Waals surface area contributed by atoms with Crippen LogP contribution in [0.5, 0.6) is 5.75 Å². The van der Waals surface area contributed by atoms with Crippen molar-refractivity contribution >= 4 is 11.6 Å². The topological polar surface area (TPSA) is 34.1 Å². The van der Waals surface area contributed by atoms with Gasteiger partial charge in [-0.25, -0.2) is 0 Å². The maximum absolute atomic E-state index is 6.08. The summed E-state index contributed by atoms with van der Waals surface area (Å²) >= 11 is 6.08. The molecule has 0 unspecified atom stereocenters. The molecule has 0 radical (unpaired) electrons. The third kappa shape index (κ3) is 4.22. The van der Waals surface area contributed by atoms with Gasteiger partial charge in [0.2, 0.25) is 0 Å². The zero-order valence-corrected chi connectivity index (χ0v) is 12.5. The Labute approximate surface area is 124 Å². The molecule has 0 bridgehead atoms. The van der Waals surface area contributed by atoms with E-state index in [1.807, 2.05) is 24.3 Å². The van der Waals surface area contributed by atoms with Gasteiger partial charge in [0.15, 0.2) is 0 Å². The Morgan fingerprint density at radius 2 is 2.00 bits per heavy atom. The van der Waals surface area contributed by atoms with E-state index < -0.39 is 0 Å². The first-order chi connectivity index (χ1) is 9.66. The minimum Gasteiger partial charge on any atom is -0.489 e. The van der Waals surface area contributed by atoms with E-state index in [4.69, 9.17) is 16.3 Å². The Bertz CT molecular complexity index is 558. The highest BCUT2D eigenvalue weighted by Crippen LogP contribution is 2.21. The van der Waals surface area contributed by atoms with Crippen LogP contribution in [0, 0.1) is 0 Å². The lowest BCUT2D eigenvalue weighted by molar-refractivity contribution is 0.301. The van der Waals surface area contributed by atoms with Crippen LogP contribution in [0.1, 0.15) is 25.0 Å². The van der Waals surface area contributed by atoms with Crippen molar-refractivity contribution in [2.45, 2.75) is 33.0 Å². The molecule has 0 aliphatic rings. The maximum Gasteiger partial charge on any atom is 0.124 e. The Balaban J connectivity index is 2.04. The Morgan fingerprint density at radius 3 is 2.75 bits per heavy atom. The number of hydrogen-bond donors (Lipinski definition) is 1. The number of rotatable bonds is 6. The molecular weight excluding hydrogens is 272 g/mol. The van der Waals surface area contributed by atoms with Crippen molar-refractivity contribution in [1.29, 1.82) is 0 Å². The zero-order valence-electron chi connectivity index (χ0n) is 11.8. The average Bonchev–Trinajstić information content (AvgIpc) is 2.45. The lowest BCUT2D eigenvalue weighted by Crippen LogP contribution is -2.22. The molecule has 0 spiro atoms. The second kappa shape index (κ2) is 7.27. The normalized spacial score (nSPS) is 10.8. The van der Waals surface area contributed by atoms with Gasteiger partial charge in [-0.05, 0) is 12.1 Å². The minimum atomic E-state index is 0.442. The molecule has 4 heteroatoms. The number of pyridine rings is 1. The molecule has 3 nitrogen and oxygen atoms in total. The third-order valence-electron chi connectivity index (χ3n) is 2.91. The predicted octanol–water partition coefficient (Wildman–Crippen LogP) is 3.81. The summed E-state index contributed by atoms with van der Waals surface area (Å²) in [6.45, 7) is 5.48. The smallest absolute Gasteiger partial charge is 0.124 e. The highest BCUT2D eigenvalue weighted by atomic mass is 35.5. The van der Waals surface area contributed by atoms with Gasteiger partial charge in [-0.3, -0.25) is 4.98 Å². The molecule has 1 N–H and O–H groups in total. The number of hydrogen-bond acceptors (Lipinski definition) is 3. The van der Waals surface area contributed by atoms with Gasteiger partial charge in [0.25, 0.3) is 0 Å². The summed E-state index contributed by atoms with van der Waals surface area (Å²) < 4.78 is 5.88. The lowest BCUT2D eigenvalue weighted by Gasteiger charge is -2.14. The zero-order chi connectivity index (χ0) is 14.4. The second-order valence-electron chi connectivity index (χ2n) is 4.90. The fourth-order valence-electron chi connectivity index (χ4n) is 1.78. The molecule has 0 fully saturated rings. The summed E-state index contributed by atoms with van der Waals surface area (Å²) in [6, 6.07) is 10.4. The van der Waals surface area contributed by atoms with Crippen molar-refractivity contribution in [1.82, 2.24) is 10.3 Å². The lowest BCUT2D eigenvalue weighted by atomic mass is 10.2. The number of para-hydroxylation sites is 1. The summed E-state index contributed by atoms with van der Waals surface area (Å²) in [5, 5.41) is 4.03. The molecule has 2 aromatic rings. The summed E-state index contributed by atoms with van der Waals surface area (Å²) in [6.07, 6.45) is 3.35. The Hall–Kier alpha value is -1.58. The van der Waals surface area contributed by atoms with E-state index in [2.05, 4.69) is 30.2 Å². The van der Waals surface area contributed by atoms with Gasteiger partial charge >= 0.3 is 0 Å². The molecule has 1 aromatic heterocycles. The number of nitrogens with one attached hydrogen (secondary N) is 1. The van der Waals surface area contributed by atoms with Crippen LogP contribution >= 0.6 is 11.6 Å². The van der Waals surface area contributed by atoms with E-state index in [0.29, 0.717) is 17.7 Å². The number of ether oxygens (including phenoxy) is 1. The summed E-state index contributed by atoms with van der Waals surface area (Å²) in [7, 11) is 0. The molecule has 0 atom stereocenters. The van der Waals surface area contributed by atoms with Gasteiger partial charge < -0.3 is 10.1 Å². The van der Waals surface area contributed by atoms with Crippen LogP contribution < -0.4 is 10.1 Å². The van der Waals surface area contributed by atoms with E-state index in [0.717, 1.165) is 23.4 Å². The second-order valence-corrected chi connectivity index (χ2v) is 5.31. The van der Waals surface area contributed by atoms with Gasteiger partial charge in [-0.1, -0.05) is 43.6 Å². The molecule has 1 heterocycles. The van der Waals surface area contributed by atoms with Crippen LogP contribution in [-0.2, 0) is 13.2 Å². The molecule has 0 saturated carbocycles. The van der Waals surface area contributed by atoms with Gasteiger partial charge in [0.1, 0.15) is 12.4 Å². The number of benzene rings is 1. The summed E-state index contributed by atoms with van der Waals surface area (Å²) in [4.78, 5) is 3.97. The number of aromatic nitrogens is 1. The molecule has 0 aliphatic carbocycles. The molecule has 0 saturated heterocycles. The van der Waals surface area contributed by atoms with Gasteiger partial charge in [-0.15, -0.1) is 0 Å². The van der Waals surface area contributed by atoms with Crippen molar-refractivity contribution in [3.8, 4) is 5.75 Å². The summed E-state index contributed by atoms with van der Waals surface area (Å²) in [5.41, 5.74) is 2.08. The van der Waals surface area contributed by atoms with E-state index in [-0.39, 0.29) is 0 Å². The average molecular weight is 291 g/mol. The first-order valence-electron chi connectivity index (χ1n) is 6.69. The predicted molar refractivity (Wildman–Crippen MR) is 82.0 cm³/mol. The molecule has 106 valence electrons. The quantitative estimate of drug-likeness (QED) is 0.878. The van der Waals surface area contributed by atoms with Crippen LogP contribution in [0.25, 0.3) is 0 Å². The van der Waals surface area contributed by atoms with Crippen LogP contribution in [0.2, 0.25) is 5.02 Å². The fourth-order valence-corrected chi connectivity index (χ4v) is 1.96. The Kier molecular flexibility index (Phi) is 5.39. The number of nitrogens with zero attached hydrogens (tertiary/aromatic N) is 1. The van der Waals surface area contributed by atoms with Crippen LogP contribution in [-0.4, -0.2) is 11.0 Å². The minimum absolute atomic E-state index is 0.442. The van der Waals surface area contributed by atoms with Crippen LogP contribution in [0.3, 0.4) is 0 Å². The SMILES string of the molecule is CC(C)NCc1ccccc1OCc1ccncc1Cl. The molecule has 1 aromatic carbocycles. The van der Waals surface area contributed by atoms with E-state index in [1.165, 1.54) is 0 Å². The summed E-state index contributed by atoms with van der Waals surface area (Å²) in [5.74, 6) is 0.883. The first kappa shape index (κ1) is 14.8. The van der Waals surface area contributed by atoms with Crippen LogP contribution in [0.15, 0.2) is 42.7 Å². The van der Waals surface area contributed by atoms with Crippen molar-refractivity contribution in [3.63, 3.8) is 0 Å². The largest absolute Gasteiger partial charge is 0.489 e. The molecule has 0 amide bonds. The van der Waals surface area contributed by atoms with Gasteiger partial charge in [-0.2, -0.15) is 0 Å². The van der Waals surface area contributed by atoms with Crippen molar-refractivity contribution in [2.24, 2.45) is 0 Å². The number of halogens is 1. The maximum atomic E-state index is 6.08. The first-order valence-corrected chi connectivity index (χ1v) is 7.07. The standard InChI is InChI=1S/C16H19ClN2O/c1-12(2)19-9-13-5-3-4-6-16(13)20-11-14-7-8-18-10-15(14)17/h3-8,10,12,19H,9,11H2,1-2H3. The monoisotopic (exact) mass is 290 g/mol. The molecular formula is C16H19ClN2O. The molecule has 0 aliphatic heterocycles. The van der Waals surface area contributed by atoms with E-state index >= 15 is 0 Å².